The largest absolute Gasteiger partial charge is 0.447 e. The lowest BCUT2D eigenvalue weighted by Gasteiger charge is -2.30. The van der Waals surface area contributed by atoms with Crippen LogP contribution >= 0.6 is 34.8 Å². The van der Waals surface area contributed by atoms with E-state index < -0.39 is 51.5 Å². The molecule has 2 heterocycles. The first-order chi connectivity index (χ1) is 21.8. The molecule has 2 aliphatic rings. The molecule has 4 rings (SSSR count). The first-order valence-electron chi connectivity index (χ1n) is 15.0. The van der Waals surface area contributed by atoms with Gasteiger partial charge in [-0.3, -0.25) is 24.1 Å². The predicted octanol–water partition coefficient (Wildman–Crippen LogP) is 6.28. The topological polar surface area (TPSA) is 113 Å². The van der Waals surface area contributed by atoms with E-state index in [0.29, 0.717) is 17.5 Å². The van der Waals surface area contributed by atoms with E-state index in [1.54, 1.807) is 43.3 Å². The molecule has 0 saturated carbocycles. The number of rotatable bonds is 12. The number of ether oxygens (including phenoxy) is 1. The smallest absolute Gasteiger partial charge is 0.417 e. The highest BCUT2D eigenvalue weighted by atomic mass is 35.6. The van der Waals surface area contributed by atoms with Gasteiger partial charge in [-0.25, -0.2) is 9.69 Å². The van der Waals surface area contributed by atoms with Gasteiger partial charge in [0.2, 0.25) is 0 Å². The predicted molar refractivity (Wildman–Crippen MR) is 177 cm³/mol. The van der Waals surface area contributed by atoms with Crippen molar-refractivity contribution in [2.24, 2.45) is 11.8 Å². The maximum Gasteiger partial charge on any atom is 0.417 e. The summed E-state index contributed by atoms with van der Waals surface area (Å²) in [7, 11) is 0. The molecule has 3 atom stereocenters. The van der Waals surface area contributed by atoms with Crippen molar-refractivity contribution in [3.63, 3.8) is 0 Å². The Morgan fingerprint density at radius 1 is 1.00 bits per heavy atom. The first kappa shape index (κ1) is 35.2. The zero-order valence-corrected chi connectivity index (χ0v) is 28.0. The minimum Gasteiger partial charge on any atom is -0.447 e. The Kier molecular flexibility index (Phi) is 11.7. The molecule has 3 unspecified atom stereocenters. The van der Waals surface area contributed by atoms with Gasteiger partial charge in [-0.05, 0) is 49.8 Å². The molecule has 0 radical (unpaired) electrons. The number of hydrogen-bond donors (Lipinski definition) is 1. The Morgan fingerprint density at radius 3 is 2.17 bits per heavy atom. The lowest BCUT2D eigenvalue weighted by atomic mass is 9.87. The molecule has 9 nitrogen and oxygen atoms in total. The number of allylic oxidation sites excluding steroid dienone is 1. The van der Waals surface area contributed by atoms with Crippen LogP contribution in [0.25, 0.3) is 0 Å². The molecule has 5 amide bonds. The standard InChI is InChI=1S/C34H36Cl3N3O6/c1-4-11-23(28(21(2)3)38-32(44)34(35,36)37)19-24(14-10-17-39-30(42)26-15-8-9-16-27(26)31(39)43)29(41)40-25(20-46-33(40)45)18-22-12-6-5-7-13-22/h4-9,11-13,15-16,19,21,23,25,28H,10,14,17-18,20H2,1-3H3,(H,38,44)/b11-4?,24-19+. The Morgan fingerprint density at radius 2 is 1.61 bits per heavy atom. The Bertz CT molecular complexity index is 1500. The van der Waals surface area contributed by atoms with Gasteiger partial charge in [0.25, 0.3) is 27.4 Å². The number of nitrogens with zero attached hydrogens (tertiary/aromatic N) is 2. The van der Waals surface area contributed by atoms with Crippen molar-refractivity contribution in [1.29, 1.82) is 0 Å². The van der Waals surface area contributed by atoms with Crippen LogP contribution in [0.15, 0.2) is 78.4 Å². The third-order valence-electron chi connectivity index (χ3n) is 7.97. The van der Waals surface area contributed by atoms with Crippen molar-refractivity contribution >= 4 is 64.5 Å². The quantitative estimate of drug-likeness (QED) is 0.122. The number of cyclic esters (lactones) is 1. The number of hydrogen-bond acceptors (Lipinski definition) is 6. The van der Waals surface area contributed by atoms with Crippen LogP contribution in [-0.2, 0) is 20.7 Å². The van der Waals surface area contributed by atoms with Crippen LogP contribution < -0.4 is 5.32 Å². The van der Waals surface area contributed by atoms with Crippen molar-refractivity contribution in [2.45, 2.75) is 55.9 Å². The molecule has 244 valence electrons. The summed E-state index contributed by atoms with van der Waals surface area (Å²) in [6, 6.07) is 14.9. The van der Waals surface area contributed by atoms with Crippen LogP contribution in [0.4, 0.5) is 4.79 Å². The average molecular weight is 689 g/mol. The number of benzene rings is 2. The second-order valence-electron chi connectivity index (χ2n) is 11.5. The molecule has 2 aliphatic heterocycles. The summed E-state index contributed by atoms with van der Waals surface area (Å²) in [5, 5.41) is 2.78. The zero-order valence-electron chi connectivity index (χ0n) is 25.8. The highest BCUT2D eigenvalue weighted by Crippen LogP contribution is 2.30. The maximum absolute atomic E-state index is 14.2. The minimum atomic E-state index is -2.20. The van der Waals surface area contributed by atoms with E-state index in [9.17, 15) is 24.0 Å². The summed E-state index contributed by atoms with van der Waals surface area (Å²) in [6.07, 6.45) is 5.28. The number of halogens is 3. The number of alkyl halides is 3. The molecule has 2 aromatic carbocycles. The van der Waals surface area contributed by atoms with Crippen LogP contribution in [0.5, 0.6) is 0 Å². The van der Waals surface area contributed by atoms with Crippen molar-refractivity contribution in [2.75, 3.05) is 13.2 Å². The van der Waals surface area contributed by atoms with Crippen LogP contribution in [0, 0.1) is 11.8 Å². The molecular weight excluding hydrogens is 653 g/mol. The van der Waals surface area contributed by atoms with E-state index in [1.165, 1.54) is 0 Å². The van der Waals surface area contributed by atoms with Crippen LogP contribution in [0.1, 0.15) is 59.9 Å². The summed E-state index contributed by atoms with van der Waals surface area (Å²) >= 11 is 17.6. The van der Waals surface area contributed by atoms with Gasteiger partial charge in [-0.1, -0.05) is 109 Å². The van der Waals surface area contributed by atoms with Crippen molar-refractivity contribution in [1.82, 2.24) is 15.1 Å². The lowest BCUT2D eigenvalue weighted by Crippen LogP contribution is -2.47. The molecule has 2 aromatic rings. The highest BCUT2D eigenvalue weighted by molar-refractivity contribution is 6.76. The summed E-state index contributed by atoms with van der Waals surface area (Å²) < 4.78 is 3.12. The van der Waals surface area contributed by atoms with Crippen molar-refractivity contribution < 1.29 is 28.7 Å². The SMILES string of the molecule is CC=CC(/C=C(\CCCN1C(=O)c2ccccc2C1=O)C(=O)N1C(=O)OCC1Cc1ccccc1)C(NC(=O)C(Cl)(Cl)Cl)C(C)C. The second kappa shape index (κ2) is 15.3. The van der Waals surface area contributed by atoms with Gasteiger partial charge in [-0.15, -0.1) is 0 Å². The molecule has 1 fully saturated rings. The summed E-state index contributed by atoms with van der Waals surface area (Å²) in [4.78, 5) is 68.1. The number of carbonyl (C=O) groups is 5. The molecule has 0 bridgehead atoms. The molecule has 0 aliphatic carbocycles. The Hall–Kier alpha value is -3.66. The number of nitrogens with one attached hydrogen (secondary N) is 1. The van der Waals surface area contributed by atoms with Gasteiger partial charge >= 0.3 is 6.09 Å². The van der Waals surface area contributed by atoms with E-state index in [4.69, 9.17) is 39.5 Å². The van der Waals surface area contributed by atoms with E-state index in [1.807, 2.05) is 50.3 Å². The fourth-order valence-corrected chi connectivity index (χ4v) is 5.87. The Balaban J connectivity index is 1.65. The normalized spacial score (nSPS) is 18.3. The van der Waals surface area contributed by atoms with Gasteiger partial charge in [0.15, 0.2) is 0 Å². The molecule has 1 saturated heterocycles. The van der Waals surface area contributed by atoms with Crippen molar-refractivity contribution in [3.05, 3.63) is 95.1 Å². The molecule has 46 heavy (non-hydrogen) atoms. The van der Waals surface area contributed by atoms with E-state index in [0.717, 1.165) is 15.4 Å². The van der Waals surface area contributed by atoms with E-state index in [2.05, 4.69) is 5.32 Å². The van der Waals surface area contributed by atoms with Crippen molar-refractivity contribution in [3.8, 4) is 0 Å². The fourth-order valence-electron chi connectivity index (χ4n) is 5.71. The highest BCUT2D eigenvalue weighted by Gasteiger charge is 2.40. The summed E-state index contributed by atoms with van der Waals surface area (Å²) in [5.41, 5.74) is 1.85. The van der Waals surface area contributed by atoms with Gasteiger partial charge in [0.1, 0.15) is 6.61 Å². The monoisotopic (exact) mass is 687 g/mol. The summed E-state index contributed by atoms with van der Waals surface area (Å²) in [6.45, 7) is 5.65. The van der Waals surface area contributed by atoms with Gasteiger partial charge in [0.05, 0.1) is 17.2 Å². The average Bonchev–Trinajstić information content (AvgIpc) is 3.49. The molecule has 1 N–H and O–H groups in total. The summed E-state index contributed by atoms with van der Waals surface area (Å²) in [5.74, 6) is -2.88. The maximum atomic E-state index is 14.2. The van der Waals surface area contributed by atoms with Crippen LogP contribution in [0.3, 0.4) is 0 Å². The van der Waals surface area contributed by atoms with Crippen LogP contribution in [0.2, 0.25) is 0 Å². The number of carbonyl (C=O) groups excluding carboxylic acids is 5. The molecular formula is C34H36Cl3N3O6. The molecule has 0 spiro atoms. The third kappa shape index (κ3) is 8.18. The van der Waals surface area contributed by atoms with Gasteiger partial charge < -0.3 is 10.1 Å². The Labute approximate surface area is 283 Å². The van der Waals surface area contributed by atoms with Crippen LogP contribution in [-0.4, -0.2) is 68.5 Å². The zero-order chi connectivity index (χ0) is 33.6. The second-order valence-corrected chi connectivity index (χ2v) is 13.8. The first-order valence-corrected chi connectivity index (χ1v) is 16.2. The molecule has 12 heteroatoms. The molecule has 0 aromatic heterocycles. The van der Waals surface area contributed by atoms with Gasteiger partial charge in [-0.2, -0.15) is 0 Å². The van der Waals surface area contributed by atoms with E-state index >= 15 is 0 Å². The minimum absolute atomic E-state index is 0.0357. The van der Waals surface area contributed by atoms with E-state index in [-0.39, 0.29) is 37.5 Å². The van der Waals surface area contributed by atoms with Gasteiger partial charge in [0, 0.05) is 24.1 Å². The lowest BCUT2D eigenvalue weighted by molar-refractivity contribution is -0.125. The fraction of sp³-hybridized carbons (Fsp3) is 0.382. The number of imide groups is 2. The number of fused-ring (bicyclic) bond motifs is 1. The number of amides is 5. The third-order valence-corrected chi connectivity index (χ3v) is 8.49.